The standard InChI is InChI=1S/C16H26N2O3/c1-16(2,3)21-15(20)18-11-13-7-5-4-6-12(13)8-9-14(19)10-17/h4-7,14,19H,8-11,17H2,1-3H3,(H,18,20)/t14-/m0/s1. The Balaban J connectivity index is 2.57. The summed E-state index contributed by atoms with van der Waals surface area (Å²) in [6, 6.07) is 7.83. The van der Waals surface area contributed by atoms with Gasteiger partial charge in [-0.2, -0.15) is 0 Å². The van der Waals surface area contributed by atoms with E-state index in [0.29, 0.717) is 13.0 Å². The average molecular weight is 294 g/mol. The number of ether oxygens (including phenoxy) is 1. The van der Waals surface area contributed by atoms with Gasteiger partial charge in [0.2, 0.25) is 0 Å². The monoisotopic (exact) mass is 294 g/mol. The lowest BCUT2D eigenvalue weighted by Gasteiger charge is -2.20. The molecule has 0 aliphatic carbocycles. The number of hydrogen-bond donors (Lipinski definition) is 3. The second-order valence-electron chi connectivity index (χ2n) is 6.05. The van der Waals surface area contributed by atoms with Gasteiger partial charge >= 0.3 is 6.09 Å². The molecule has 0 saturated heterocycles. The van der Waals surface area contributed by atoms with Crippen LogP contribution in [0, 0.1) is 0 Å². The molecule has 5 nitrogen and oxygen atoms in total. The van der Waals surface area contributed by atoms with Crippen LogP contribution in [0.3, 0.4) is 0 Å². The summed E-state index contributed by atoms with van der Waals surface area (Å²) >= 11 is 0. The molecular weight excluding hydrogens is 268 g/mol. The van der Waals surface area contributed by atoms with Crippen LogP contribution in [0.15, 0.2) is 24.3 Å². The van der Waals surface area contributed by atoms with E-state index in [9.17, 15) is 9.90 Å². The molecule has 0 saturated carbocycles. The maximum atomic E-state index is 11.7. The number of rotatable bonds is 6. The third-order valence-electron chi connectivity index (χ3n) is 2.96. The molecule has 4 N–H and O–H groups in total. The number of carbonyl (C=O) groups is 1. The Bertz CT molecular complexity index is 455. The van der Waals surface area contributed by atoms with Gasteiger partial charge in [-0.05, 0) is 44.7 Å². The first-order valence-electron chi connectivity index (χ1n) is 7.23. The van der Waals surface area contributed by atoms with Gasteiger partial charge in [0.1, 0.15) is 5.60 Å². The van der Waals surface area contributed by atoms with Crippen LogP contribution >= 0.6 is 0 Å². The summed E-state index contributed by atoms with van der Waals surface area (Å²) < 4.78 is 5.21. The molecule has 0 spiro atoms. The van der Waals surface area contributed by atoms with Crippen molar-refractivity contribution in [1.82, 2.24) is 5.32 Å². The van der Waals surface area contributed by atoms with Crippen molar-refractivity contribution in [2.24, 2.45) is 5.73 Å². The van der Waals surface area contributed by atoms with Gasteiger partial charge < -0.3 is 20.9 Å². The highest BCUT2D eigenvalue weighted by Crippen LogP contribution is 2.13. The molecule has 0 aliphatic rings. The molecule has 0 heterocycles. The fourth-order valence-corrected chi connectivity index (χ4v) is 1.90. The highest BCUT2D eigenvalue weighted by molar-refractivity contribution is 5.67. The second kappa shape index (κ2) is 8.00. The molecule has 0 fully saturated rings. The Morgan fingerprint density at radius 2 is 1.95 bits per heavy atom. The molecule has 1 aromatic carbocycles. The third kappa shape index (κ3) is 7.11. The normalized spacial score (nSPS) is 12.8. The predicted molar refractivity (Wildman–Crippen MR) is 82.9 cm³/mol. The SMILES string of the molecule is CC(C)(C)OC(=O)NCc1ccccc1CC[C@H](O)CN. The van der Waals surface area contributed by atoms with Crippen molar-refractivity contribution < 1.29 is 14.6 Å². The van der Waals surface area contributed by atoms with E-state index in [0.717, 1.165) is 17.5 Å². The summed E-state index contributed by atoms with van der Waals surface area (Å²) in [6.07, 6.45) is 0.418. The highest BCUT2D eigenvalue weighted by Gasteiger charge is 2.16. The Labute approximate surface area is 126 Å². The van der Waals surface area contributed by atoms with Gasteiger partial charge in [0.25, 0.3) is 0 Å². The van der Waals surface area contributed by atoms with Crippen LogP contribution in [-0.2, 0) is 17.7 Å². The Kier molecular flexibility index (Phi) is 6.65. The number of alkyl carbamates (subject to hydrolysis) is 1. The summed E-state index contributed by atoms with van der Waals surface area (Å²) in [5.74, 6) is 0. The van der Waals surface area contributed by atoms with Crippen LogP contribution in [0.25, 0.3) is 0 Å². The first kappa shape index (κ1) is 17.5. The smallest absolute Gasteiger partial charge is 0.407 e. The maximum absolute atomic E-state index is 11.7. The first-order chi connectivity index (χ1) is 9.81. The summed E-state index contributed by atoms with van der Waals surface area (Å²) in [5.41, 5.74) is 7.02. The van der Waals surface area contributed by atoms with Crippen molar-refractivity contribution in [3.63, 3.8) is 0 Å². The summed E-state index contributed by atoms with van der Waals surface area (Å²) in [6.45, 7) is 6.15. The Morgan fingerprint density at radius 3 is 2.52 bits per heavy atom. The highest BCUT2D eigenvalue weighted by atomic mass is 16.6. The molecule has 0 radical (unpaired) electrons. The van der Waals surface area contributed by atoms with E-state index < -0.39 is 17.8 Å². The summed E-state index contributed by atoms with van der Waals surface area (Å²) in [5, 5.41) is 12.3. The van der Waals surface area contributed by atoms with E-state index in [4.69, 9.17) is 10.5 Å². The number of hydrogen-bond acceptors (Lipinski definition) is 4. The number of aryl methyl sites for hydroxylation is 1. The molecule has 21 heavy (non-hydrogen) atoms. The van der Waals surface area contributed by atoms with E-state index in [-0.39, 0.29) is 6.54 Å². The number of aliphatic hydroxyl groups is 1. The molecule has 0 bridgehead atoms. The van der Waals surface area contributed by atoms with Crippen molar-refractivity contribution in [1.29, 1.82) is 0 Å². The van der Waals surface area contributed by atoms with E-state index in [1.54, 1.807) is 0 Å². The van der Waals surface area contributed by atoms with E-state index in [2.05, 4.69) is 5.32 Å². The molecule has 0 aliphatic heterocycles. The molecule has 1 aromatic rings. The maximum Gasteiger partial charge on any atom is 0.407 e. The lowest BCUT2D eigenvalue weighted by atomic mass is 10.0. The van der Waals surface area contributed by atoms with Gasteiger partial charge in [-0.1, -0.05) is 24.3 Å². The molecule has 0 unspecified atom stereocenters. The van der Waals surface area contributed by atoms with Gasteiger partial charge in [0.15, 0.2) is 0 Å². The van der Waals surface area contributed by atoms with Crippen molar-refractivity contribution >= 4 is 6.09 Å². The van der Waals surface area contributed by atoms with Crippen LogP contribution in [-0.4, -0.2) is 29.4 Å². The minimum Gasteiger partial charge on any atom is -0.444 e. The fraction of sp³-hybridized carbons (Fsp3) is 0.562. The minimum absolute atomic E-state index is 0.262. The average Bonchev–Trinajstić information content (AvgIpc) is 2.41. The number of carbonyl (C=O) groups excluding carboxylic acids is 1. The summed E-state index contributed by atoms with van der Waals surface area (Å²) in [7, 11) is 0. The van der Waals surface area contributed by atoms with Crippen molar-refractivity contribution in [3.8, 4) is 0 Å². The van der Waals surface area contributed by atoms with Crippen LogP contribution in [0.4, 0.5) is 4.79 Å². The third-order valence-corrected chi connectivity index (χ3v) is 2.96. The van der Waals surface area contributed by atoms with Crippen LogP contribution in [0.5, 0.6) is 0 Å². The summed E-state index contributed by atoms with van der Waals surface area (Å²) in [4.78, 5) is 11.7. The van der Waals surface area contributed by atoms with E-state index in [1.165, 1.54) is 0 Å². The Morgan fingerprint density at radius 1 is 1.33 bits per heavy atom. The van der Waals surface area contributed by atoms with E-state index >= 15 is 0 Å². The molecule has 1 atom stereocenters. The minimum atomic E-state index is -0.505. The topological polar surface area (TPSA) is 84.6 Å². The molecule has 0 aromatic heterocycles. The molecule has 1 amide bonds. The Hall–Kier alpha value is -1.59. The van der Waals surface area contributed by atoms with Gasteiger partial charge in [-0.15, -0.1) is 0 Å². The van der Waals surface area contributed by atoms with Gasteiger partial charge in [0, 0.05) is 13.1 Å². The lowest BCUT2D eigenvalue weighted by Crippen LogP contribution is -2.32. The molecule has 5 heteroatoms. The van der Waals surface area contributed by atoms with Crippen molar-refractivity contribution in [2.45, 2.75) is 51.9 Å². The largest absolute Gasteiger partial charge is 0.444 e. The number of nitrogens with one attached hydrogen (secondary N) is 1. The quantitative estimate of drug-likeness (QED) is 0.749. The van der Waals surface area contributed by atoms with Gasteiger partial charge in [-0.3, -0.25) is 0 Å². The first-order valence-corrected chi connectivity index (χ1v) is 7.23. The van der Waals surface area contributed by atoms with Crippen LogP contribution < -0.4 is 11.1 Å². The van der Waals surface area contributed by atoms with Crippen molar-refractivity contribution in [2.75, 3.05) is 6.54 Å². The zero-order chi connectivity index (χ0) is 15.9. The van der Waals surface area contributed by atoms with Crippen molar-refractivity contribution in [3.05, 3.63) is 35.4 Å². The number of nitrogens with two attached hydrogens (primary N) is 1. The lowest BCUT2D eigenvalue weighted by molar-refractivity contribution is 0.0523. The molecule has 1 rings (SSSR count). The number of amides is 1. The van der Waals surface area contributed by atoms with Crippen LogP contribution in [0.1, 0.15) is 38.3 Å². The fourth-order valence-electron chi connectivity index (χ4n) is 1.90. The number of benzene rings is 1. The van der Waals surface area contributed by atoms with Gasteiger partial charge in [0.05, 0.1) is 6.10 Å². The molecular formula is C16H26N2O3. The van der Waals surface area contributed by atoms with Crippen LogP contribution in [0.2, 0.25) is 0 Å². The zero-order valence-electron chi connectivity index (χ0n) is 13.1. The second-order valence-corrected chi connectivity index (χ2v) is 6.05. The van der Waals surface area contributed by atoms with Gasteiger partial charge in [-0.25, -0.2) is 4.79 Å². The van der Waals surface area contributed by atoms with E-state index in [1.807, 2.05) is 45.0 Å². The number of aliphatic hydroxyl groups excluding tert-OH is 1. The zero-order valence-corrected chi connectivity index (χ0v) is 13.1. The predicted octanol–water partition coefficient (Wildman–Crippen LogP) is 1.96. The molecule has 118 valence electrons.